The van der Waals surface area contributed by atoms with Gasteiger partial charge >= 0.3 is 0 Å². The first kappa shape index (κ1) is 10.0. The summed E-state index contributed by atoms with van der Waals surface area (Å²) in [7, 11) is 0. The fourth-order valence-electron chi connectivity index (χ4n) is 1.88. The molecule has 2 aliphatic rings. The summed E-state index contributed by atoms with van der Waals surface area (Å²) in [6.07, 6.45) is 6.03. The minimum absolute atomic E-state index is 0.0155. The smallest absolute Gasteiger partial charge is 0.251 e. The number of aromatic nitrogens is 2. The molecule has 2 N–H and O–H groups in total. The maximum absolute atomic E-state index is 11.4. The number of rotatable bonds is 5. The standard InChI is InChI=1S/C12H17N3O/c16-12-6-10(7-13-9-3-4-9)14-11(15-12)5-8-1-2-8/h6,8-9,13H,1-5,7H2,(H,14,15,16). The Morgan fingerprint density at radius 1 is 1.38 bits per heavy atom. The fraction of sp³-hybridized carbons (Fsp3) is 0.667. The van der Waals surface area contributed by atoms with E-state index < -0.39 is 0 Å². The summed E-state index contributed by atoms with van der Waals surface area (Å²) < 4.78 is 0. The maximum Gasteiger partial charge on any atom is 0.251 e. The molecule has 0 radical (unpaired) electrons. The van der Waals surface area contributed by atoms with Crippen molar-refractivity contribution in [3.05, 3.63) is 27.9 Å². The van der Waals surface area contributed by atoms with Gasteiger partial charge in [-0.25, -0.2) is 4.98 Å². The van der Waals surface area contributed by atoms with Crippen molar-refractivity contribution in [3.63, 3.8) is 0 Å². The number of hydrogen-bond donors (Lipinski definition) is 2. The first-order valence-electron chi connectivity index (χ1n) is 6.12. The van der Waals surface area contributed by atoms with Crippen LogP contribution in [-0.4, -0.2) is 16.0 Å². The van der Waals surface area contributed by atoms with Crippen LogP contribution in [0.25, 0.3) is 0 Å². The van der Waals surface area contributed by atoms with Gasteiger partial charge in [-0.05, 0) is 31.6 Å². The highest BCUT2D eigenvalue weighted by Gasteiger charge is 2.23. The molecule has 1 aromatic heterocycles. The molecule has 0 amide bonds. The zero-order valence-electron chi connectivity index (χ0n) is 9.33. The highest BCUT2D eigenvalue weighted by Crippen LogP contribution is 2.31. The number of H-pyrrole nitrogens is 1. The third-order valence-electron chi connectivity index (χ3n) is 3.17. The summed E-state index contributed by atoms with van der Waals surface area (Å²) in [4.78, 5) is 18.8. The lowest BCUT2D eigenvalue weighted by molar-refractivity contribution is 0.659. The fourth-order valence-corrected chi connectivity index (χ4v) is 1.88. The van der Waals surface area contributed by atoms with Crippen molar-refractivity contribution in [3.8, 4) is 0 Å². The predicted molar refractivity (Wildman–Crippen MR) is 61.1 cm³/mol. The Morgan fingerprint density at radius 2 is 2.19 bits per heavy atom. The predicted octanol–water partition coefficient (Wildman–Crippen LogP) is 0.974. The molecule has 3 rings (SSSR count). The molecule has 2 saturated carbocycles. The van der Waals surface area contributed by atoms with Gasteiger partial charge in [0.25, 0.3) is 5.56 Å². The van der Waals surface area contributed by atoms with Gasteiger partial charge in [-0.15, -0.1) is 0 Å². The Bertz CT molecular complexity index is 432. The lowest BCUT2D eigenvalue weighted by Gasteiger charge is -2.04. The van der Waals surface area contributed by atoms with Gasteiger partial charge in [-0.3, -0.25) is 4.79 Å². The molecule has 2 fully saturated rings. The van der Waals surface area contributed by atoms with Crippen molar-refractivity contribution in [1.29, 1.82) is 0 Å². The van der Waals surface area contributed by atoms with Gasteiger partial charge in [0.1, 0.15) is 5.82 Å². The van der Waals surface area contributed by atoms with Crippen LogP contribution in [0.3, 0.4) is 0 Å². The van der Waals surface area contributed by atoms with Gasteiger partial charge in [-0.1, -0.05) is 0 Å². The van der Waals surface area contributed by atoms with Crippen LogP contribution in [0.1, 0.15) is 37.2 Å². The van der Waals surface area contributed by atoms with Crippen LogP contribution in [0.5, 0.6) is 0 Å². The molecule has 0 aromatic carbocycles. The van der Waals surface area contributed by atoms with Crippen LogP contribution in [-0.2, 0) is 13.0 Å². The molecule has 86 valence electrons. The minimum Gasteiger partial charge on any atom is -0.311 e. The normalized spacial score (nSPS) is 20.0. The molecule has 1 aromatic rings. The lowest BCUT2D eigenvalue weighted by atomic mass is 10.2. The monoisotopic (exact) mass is 219 g/mol. The van der Waals surface area contributed by atoms with Gasteiger partial charge in [0.05, 0.1) is 5.69 Å². The average molecular weight is 219 g/mol. The molecule has 0 spiro atoms. The molecule has 4 nitrogen and oxygen atoms in total. The van der Waals surface area contributed by atoms with Crippen molar-refractivity contribution < 1.29 is 0 Å². The lowest BCUT2D eigenvalue weighted by Crippen LogP contribution is -2.20. The average Bonchev–Trinajstić information content (AvgIpc) is 3.09. The molecule has 0 saturated heterocycles. The molecule has 0 aliphatic heterocycles. The summed E-state index contributed by atoms with van der Waals surface area (Å²) in [5.74, 6) is 1.62. The molecule has 0 unspecified atom stereocenters. The second-order valence-corrected chi connectivity index (χ2v) is 4.99. The quantitative estimate of drug-likeness (QED) is 0.776. The van der Waals surface area contributed by atoms with E-state index in [1.54, 1.807) is 6.07 Å². The molecule has 16 heavy (non-hydrogen) atoms. The summed E-state index contributed by atoms with van der Waals surface area (Å²) in [6.45, 7) is 0.728. The van der Waals surface area contributed by atoms with E-state index in [1.807, 2.05) is 0 Å². The zero-order chi connectivity index (χ0) is 11.0. The first-order chi connectivity index (χ1) is 7.79. The SMILES string of the molecule is O=c1cc(CNC2CC2)nc(CC2CC2)[nH]1. The van der Waals surface area contributed by atoms with Crippen LogP contribution >= 0.6 is 0 Å². The van der Waals surface area contributed by atoms with E-state index in [0.717, 1.165) is 30.4 Å². The van der Waals surface area contributed by atoms with E-state index in [0.29, 0.717) is 6.04 Å². The number of aromatic amines is 1. The molecule has 0 atom stereocenters. The van der Waals surface area contributed by atoms with E-state index in [2.05, 4.69) is 15.3 Å². The third-order valence-corrected chi connectivity index (χ3v) is 3.17. The van der Waals surface area contributed by atoms with Gasteiger partial charge in [0, 0.05) is 25.1 Å². The van der Waals surface area contributed by atoms with Crippen molar-refractivity contribution in [1.82, 2.24) is 15.3 Å². The minimum atomic E-state index is -0.0155. The van der Waals surface area contributed by atoms with Crippen molar-refractivity contribution in [2.45, 2.75) is 44.7 Å². The van der Waals surface area contributed by atoms with Gasteiger partial charge < -0.3 is 10.3 Å². The van der Waals surface area contributed by atoms with E-state index in [4.69, 9.17) is 0 Å². The Balaban J connectivity index is 1.69. The van der Waals surface area contributed by atoms with Crippen molar-refractivity contribution >= 4 is 0 Å². The highest BCUT2D eigenvalue weighted by molar-refractivity contribution is 5.05. The van der Waals surface area contributed by atoms with E-state index in [1.165, 1.54) is 25.7 Å². The molecule has 1 heterocycles. The molecule has 2 aliphatic carbocycles. The summed E-state index contributed by atoms with van der Waals surface area (Å²) in [5, 5.41) is 3.38. The first-order valence-corrected chi connectivity index (χ1v) is 6.12. The highest BCUT2D eigenvalue weighted by atomic mass is 16.1. The summed E-state index contributed by atoms with van der Waals surface area (Å²) in [6, 6.07) is 2.26. The van der Waals surface area contributed by atoms with Crippen LogP contribution in [0.2, 0.25) is 0 Å². The second kappa shape index (κ2) is 4.01. The summed E-state index contributed by atoms with van der Waals surface area (Å²) >= 11 is 0. The molecule has 0 bridgehead atoms. The Kier molecular flexibility index (Phi) is 2.52. The maximum atomic E-state index is 11.4. The molecular formula is C12H17N3O. The van der Waals surface area contributed by atoms with Crippen LogP contribution in [0, 0.1) is 5.92 Å². The third kappa shape index (κ3) is 2.70. The summed E-state index contributed by atoms with van der Waals surface area (Å²) in [5.41, 5.74) is 0.865. The Labute approximate surface area is 94.5 Å². The largest absolute Gasteiger partial charge is 0.311 e. The number of nitrogens with zero attached hydrogens (tertiary/aromatic N) is 1. The molecular weight excluding hydrogens is 202 g/mol. The topological polar surface area (TPSA) is 57.8 Å². The number of hydrogen-bond acceptors (Lipinski definition) is 3. The van der Waals surface area contributed by atoms with E-state index in [-0.39, 0.29) is 5.56 Å². The van der Waals surface area contributed by atoms with Crippen molar-refractivity contribution in [2.75, 3.05) is 0 Å². The van der Waals surface area contributed by atoms with Crippen LogP contribution in [0.15, 0.2) is 10.9 Å². The second-order valence-electron chi connectivity index (χ2n) is 4.99. The van der Waals surface area contributed by atoms with Crippen LogP contribution in [0.4, 0.5) is 0 Å². The van der Waals surface area contributed by atoms with Gasteiger partial charge in [0.2, 0.25) is 0 Å². The van der Waals surface area contributed by atoms with Crippen molar-refractivity contribution in [2.24, 2.45) is 5.92 Å². The van der Waals surface area contributed by atoms with Gasteiger partial charge in [0.15, 0.2) is 0 Å². The number of nitrogens with one attached hydrogen (secondary N) is 2. The van der Waals surface area contributed by atoms with Gasteiger partial charge in [-0.2, -0.15) is 0 Å². The Morgan fingerprint density at radius 3 is 2.88 bits per heavy atom. The van der Waals surface area contributed by atoms with E-state index in [9.17, 15) is 4.79 Å². The van der Waals surface area contributed by atoms with E-state index >= 15 is 0 Å². The zero-order valence-corrected chi connectivity index (χ0v) is 9.33. The molecule has 4 heteroatoms. The Hall–Kier alpha value is -1.16. The van der Waals surface area contributed by atoms with Crippen LogP contribution < -0.4 is 10.9 Å².